The molecule has 0 saturated heterocycles. The lowest BCUT2D eigenvalue weighted by molar-refractivity contribution is 0.236. The average Bonchev–Trinajstić information content (AvgIpc) is 2.64. The zero-order chi connectivity index (χ0) is 17.5. The van der Waals surface area contributed by atoms with Gasteiger partial charge in [0.15, 0.2) is 0 Å². The van der Waals surface area contributed by atoms with Crippen molar-refractivity contribution in [2.75, 3.05) is 13.2 Å². The van der Waals surface area contributed by atoms with Gasteiger partial charge in [-0.1, -0.05) is 30.3 Å². The van der Waals surface area contributed by atoms with Gasteiger partial charge in [-0.15, -0.1) is 0 Å². The largest absolute Gasteiger partial charge is 0.492 e. The molecule has 1 aliphatic carbocycles. The fourth-order valence-corrected chi connectivity index (χ4v) is 3.18. The summed E-state index contributed by atoms with van der Waals surface area (Å²) in [5.41, 5.74) is 5.17. The van der Waals surface area contributed by atoms with Gasteiger partial charge in [-0.2, -0.15) is 0 Å². The molecule has 0 fully saturated rings. The van der Waals surface area contributed by atoms with Crippen molar-refractivity contribution in [1.82, 2.24) is 10.6 Å². The standard InChI is InChI=1S/C21H26N2O2/c1-16-6-2-3-9-19(16)15-23-21(24)22-12-13-25-20-11-10-17-7-4-5-8-18(17)14-20/h2-3,6,9-11,14H,4-5,7-8,12-13,15H2,1H3,(H2,22,23,24). The highest BCUT2D eigenvalue weighted by molar-refractivity contribution is 5.73. The van der Waals surface area contributed by atoms with E-state index >= 15 is 0 Å². The van der Waals surface area contributed by atoms with Crippen LogP contribution in [0.4, 0.5) is 4.79 Å². The molecule has 0 atom stereocenters. The lowest BCUT2D eigenvalue weighted by atomic mass is 9.92. The van der Waals surface area contributed by atoms with Gasteiger partial charge in [0, 0.05) is 6.54 Å². The third-order valence-electron chi connectivity index (χ3n) is 4.68. The summed E-state index contributed by atoms with van der Waals surface area (Å²) >= 11 is 0. The smallest absolute Gasteiger partial charge is 0.315 e. The minimum Gasteiger partial charge on any atom is -0.492 e. The van der Waals surface area contributed by atoms with Crippen LogP contribution in [0.2, 0.25) is 0 Å². The molecule has 0 heterocycles. The van der Waals surface area contributed by atoms with Crippen molar-refractivity contribution in [3.8, 4) is 5.75 Å². The number of carbonyl (C=O) groups excluding carboxylic acids is 1. The van der Waals surface area contributed by atoms with E-state index in [1.165, 1.54) is 36.0 Å². The van der Waals surface area contributed by atoms with Gasteiger partial charge in [0.25, 0.3) is 0 Å². The van der Waals surface area contributed by atoms with Crippen molar-refractivity contribution in [2.45, 2.75) is 39.2 Å². The number of carbonyl (C=O) groups is 1. The van der Waals surface area contributed by atoms with Crippen LogP contribution in [0.25, 0.3) is 0 Å². The Kier molecular flexibility index (Phi) is 5.94. The first-order valence-electron chi connectivity index (χ1n) is 9.03. The van der Waals surface area contributed by atoms with E-state index in [-0.39, 0.29) is 6.03 Å². The van der Waals surface area contributed by atoms with Crippen LogP contribution in [0.15, 0.2) is 42.5 Å². The predicted octanol–water partition coefficient (Wildman–Crippen LogP) is 3.75. The first kappa shape index (κ1) is 17.3. The fourth-order valence-electron chi connectivity index (χ4n) is 3.18. The van der Waals surface area contributed by atoms with Gasteiger partial charge < -0.3 is 15.4 Å². The molecular formula is C21H26N2O2. The second kappa shape index (κ2) is 8.56. The summed E-state index contributed by atoms with van der Waals surface area (Å²) in [5.74, 6) is 0.891. The highest BCUT2D eigenvalue weighted by Crippen LogP contribution is 2.25. The maximum Gasteiger partial charge on any atom is 0.315 e. The van der Waals surface area contributed by atoms with E-state index in [0.29, 0.717) is 19.7 Å². The van der Waals surface area contributed by atoms with Gasteiger partial charge in [0.2, 0.25) is 0 Å². The highest BCUT2D eigenvalue weighted by Gasteiger charge is 2.09. The Morgan fingerprint density at radius 1 is 1.04 bits per heavy atom. The predicted molar refractivity (Wildman–Crippen MR) is 100.0 cm³/mol. The summed E-state index contributed by atoms with van der Waals surface area (Å²) < 4.78 is 5.76. The molecule has 0 unspecified atom stereocenters. The maximum absolute atomic E-state index is 11.9. The second-order valence-corrected chi connectivity index (χ2v) is 6.52. The molecule has 2 amide bonds. The van der Waals surface area contributed by atoms with Gasteiger partial charge in [-0.3, -0.25) is 0 Å². The Hall–Kier alpha value is -2.49. The van der Waals surface area contributed by atoms with Crippen LogP contribution in [0, 0.1) is 6.92 Å². The Bertz CT molecular complexity index is 728. The molecule has 1 aliphatic rings. The zero-order valence-corrected chi connectivity index (χ0v) is 14.8. The van der Waals surface area contributed by atoms with Gasteiger partial charge in [0.05, 0.1) is 6.54 Å². The third-order valence-corrected chi connectivity index (χ3v) is 4.68. The van der Waals surface area contributed by atoms with Crippen LogP contribution >= 0.6 is 0 Å². The first-order valence-corrected chi connectivity index (χ1v) is 9.03. The molecule has 132 valence electrons. The average molecular weight is 338 g/mol. The monoisotopic (exact) mass is 338 g/mol. The van der Waals surface area contributed by atoms with E-state index in [1.54, 1.807) is 0 Å². The van der Waals surface area contributed by atoms with Gasteiger partial charge in [-0.05, 0) is 67.0 Å². The van der Waals surface area contributed by atoms with E-state index in [0.717, 1.165) is 17.7 Å². The van der Waals surface area contributed by atoms with Crippen molar-refractivity contribution in [1.29, 1.82) is 0 Å². The van der Waals surface area contributed by atoms with Crippen LogP contribution < -0.4 is 15.4 Å². The topological polar surface area (TPSA) is 50.4 Å². The maximum atomic E-state index is 11.9. The molecule has 0 aromatic heterocycles. The number of benzene rings is 2. The Balaban J connectivity index is 1.37. The molecule has 2 aromatic carbocycles. The highest BCUT2D eigenvalue weighted by atomic mass is 16.5. The van der Waals surface area contributed by atoms with Gasteiger partial charge >= 0.3 is 6.03 Å². The van der Waals surface area contributed by atoms with Crippen molar-refractivity contribution >= 4 is 6.03 Å². The van der Waals surface area contributed by atoms with Crippen LogP contribution in [-0.2, 0) is 19.4 Å². The number of aryl methyl sites for hydroxylation is 3. The van der Waals surface area contributed by atoms with E-state index < -0.39 is 0 Å². The van der Waals surface area contributed by atoms with Crippen molar-refractivity contribution in [2.24, 2.45) is 0 Å². The van der Waals surface area contributed by atoms with E-state index in [4.69, 9.17) is 4.74 Å². The van der Waals surface area contributed by atoms with Crippen molar-refractivity contribution < 1.29 is 9.53 Å². The van der Waals surface area contributed by atoms with Crippen LogP contribution in [-0.4, -0.2) is 19.2 Å². The molecular weight excluding hydrogens is 312 g/mol. The quantitative estimate of drug-likeness (QED) is 0.788. The number of fused-ring (bicyclic) bond motifs is 1. The number of nitrogens with one attached hydrogen (secondary N) is 2. The molecule has 4 heteroatoms. The number of ether oxygens (including phenoxy) is 1. The SMILES string of the molecule is Cc1ccccc1CNC(=O)NCCOc1ccc2c(c1)CCCC2. The molecule has 0 radical (unpaired) electrons. The summed E-state index contributed by atoms with van der Waals surface area (Å²) in [6.07, 6.45) is 4.87. The number of rotatable bonds is 6. The zero-order valence-electron chi connectivity index (χ0n) is 14.8. The summed E-state index contributed by atoms with van der Waals surface area (Å²) in [4.78, 5) is 11.9. The van der Waals surface area contributed by atoms with Gasteiger partial charge in [-0.25, -0.2) is 4.79 Å². The molecule has 0 aliphatic heterocycles. The number of hydrogen-bond donors (Lipinski definition) is 2. The first-order chi connectivity index (χ1) is 12.2. The minimum atomic E-state index is -0.169. The van der Waals surface area contributed by atoms with E-state index in [2.05, 4.69) is 22.8 Å². The molecule has 2 N–H and O–H groups in total. The summed E-state index contributed by atoms with van der Waals surface area (Å²) in [6, 6.07) is 14.2. The van der Waals surface area contributed by atoms with Crippen LogP contribution in [0.5, 0.6) is 5.75 Å². The molecule has 0 bridgehead atoms. The van der Waals surface area contributed by atoms with Crippen molar-refractivity contribution in [3.63, 3.8) is 0 Å². The molecule has 2 aromatic rings. The summed E-state index contributed by atoms with van der Waals surface area (Å²) in [6.45, 7) is 3.53. The molecule has 0 spiro atoms. The third kappa shape index (κ3) is 4.99. The normalized spacial score (nSPS) is 13.0. The van der Waals surface area contributed by atoms with Crippen LogP contribution in [0.3, 0.4) is 0 Å². The van der Waals surface area contributed by atoms with E-state index in [9.17, 15) is 4.79 Å². The summed E-state index contributed by atoms with van der Waals surface area (Å²) in [7, 11) is 0. The Labute approximate surface area is 149 Å². The fraction of sp³-hybridized carbons (Fsp3) is 0.381. The molecule has 4 nitrogen and oxygen atoms in total. The molecule has 3 rings (SSSR count). The van der Waals surface area contributed by atoms with Crippen LogP contribution in [0.1, 0.15) is 35.1 Å². The van der Waals surface area contributed by atoms with Gasteiger partial charge in [0.1, 0.15) is 12.4 Å². The second-order valence-electron chi connectivity index (χ2n) is 6.52. The number of urea groups is 1. The Morgan fingerprint density at radius 2 is 1.84 bits per heavy atom. The summed E-state index contributed by atoms with van der Waals surface area (Å²) in [5, 5.41) is 5.70. The molecule has 25 heavy (non-hydrogen) atoms. The minimum absolute atomic E-state index is 0.169. The lowest BCUT2D eigenvalue weighted by Gasteiger charge is -2.17. The lowest BCUT2D eigenvalue weighted by Crippen LogP contribution is -2.37. The number of amides is 2. The van der Waals surface area contributed by atoms with Crippen molar-refractivity contribution in [3.05, 3.63) is 64.7 Å². The Morgan fingerprint density at radius 3 is 2.68 bits per heavy atom. The molecule has 0 saturated carbocycles. The van der Waals surface area contributed by atoms with E-state index in [1.807, 2.05) is 37.3 Å². The number of hydrogen-bond acceptors (Lipinski definition) is 2.